The maximum atomic E-state index is 12.3. The molecule has 0 spiro atoms. The van der Waals surface area contributed by atoms with Gasteiger partial charge in [0.2, 0.25) is 5.91 Å². The third-order valence-corrected chi connectivity index (χ3v) is 5.14. The van der Waals surface area contributed by atoms with Crippen molar-refractivity contribution in [2.45, 2.75) is 25.1 Å². The number of nitrogens with two attached hydrogens (primary N) is 1. The molecular weight excluding hydrogens is 292 g/mol. The number of benzene rings is 2. The van der Waals surface area contributed by atoms with Gasteiger partial charge in [-0.3, -0.25) is 9.69 Å². The van der Waals surface area contributed by atoms with Crippen molar-refractivity contribution in [2.75, 3.05) is 16.4 Å². The van der Waals surface area contributed by atoms with Crippen LogP contribution in [0.2, 0.25) is 0 Å². The van der Waals surface area contributed by atoms with Crippen molar-refractivity contribution in [2.24, 2.45) is 0 Å². The van der Waals surface area contributed by atoms with Crippen LogP contribution in [0, 0.1) is 0 Å². The van der Waals surface area contributed by atoms with Crippen molar-refractivity contribution in [3.63, 3.8) is 0 Å². The highest BCUT2D eigenvalue weighted by molar-refractivity contribution is 8.00. The highest BCUT2D eigenvalue weighted by atomic mass is 32.2. The Morgan fingerprint density at radius 3 is 2.32 bits per heavy atom. The molecule has 0 aliphatic carbocycles. The van der Waals surface area contributed by atoms with Crippen LogP contribution in [-0.4, -0.2) is 11.7 Å². The minimum absolute atomic E-state index is 0.0259. The normalized spacial score (nSPS) is 18.2. The highest BCUT2D eigenvalue weighted by Crippen LogP contribution is 2.42. The topological polar surface area (TPSA) is 46.3 Å². The fraction of sp³-hybridized carbons (Fsp3) is 0.278. The van der Waals surface area contributed by atoms with Crippen LogP contribution in [0.5, 0.6) is 0 Å². The molecule has 0 bridgehead atoms. The lowest BCUT2D eigenvalue weighted by atomic mass is 10.0. The summed E-state index contributed by atoms with van der Waals surface area (Å²) in [4.78, 5) is 14.2. The average Bonchev–Trinajstić information content (AvgIpc) is 2.90. The maximum Gasteiger partial charge on any atom is 0.238 e. The van der Waals surface area contributed by atoms with Gasteiger partial charge in [0.25, 0.3) is 0 Å². The zero-order valence-corrected chi connectivity index (χ0v) is 13.6. The van der Waals surface area contributed by atoms with E-state index >= 15 is 0 Å². The molecule has 1 amide bonds. The van der Waals surface area contributed by atoms with Crippen molar-refractivity contribution >= 4 is 29.0 Å². The number of thioether (sulfide) groups is 1. The number of nitrogen functional groups attached to an aromatic ring is 1. The molecule has 1 atom stereocenters. The number of anilines is 2. The number of rotatable bonds is 3. The van der Waals surface area contributed by atoms with Crippen molar-refractivity contribution in [1.29, 1.82) is 0 Å². The molecule has 4 heteroatoms. The third kappa shape index (κ3) is 2.83. The summed E-state index contributed by atoms with van der Waals surface area (Å²) in [6.07, 6.45) is 0. The summed E-state index contributed by atoms with van der Waals surface area (Å²) in [5.41, 5.74) is 9.85. The van der Waals surface area contributed by atoms with E-state index in [1.165, 1.54) is 5.56 Å². The van der Waals surface area contributed by atoms with Gasteiger partial charge in [0.05, 0.1) is 5.75 Å². The molecule has 2 N–H and O–H groups in total. The molecular formula is C18H20N2OS. The van der Waals surface area contributed by atoms with Crippen molar-refractivity contribution in [1.82, 2.24) is 0 Å². The average molecular weight is 312 g/mol. The number of carbonyl (C=O) groups is 1. The Labute approximate surface area is 135 Å². The minimum atomic E-state index is 0.0259. The molecule has 2 aromatic carbocycles. The van der Waals surface area contributed by atoms with Crippen LogP contribution in [0.4, 0.5) is 11.4 Å². The lowest BCUT2D eigenvalue weighted by molar-refractivity contribution is -0.115. The molecule has 3 rings (SSSR count). The second-order valence-electron chi connectivity index (χ2n) is 5.84. The molecule has 0 radical (unpaired) electrons. The van der Waals surface area contributed by atoms with Gasteiger partial charge >= 0.3 is 0 Å². The number of hydrogen-bond acceptors (Lipinski definition) is 3. The first-order valence-electron chi connectivity index (χ1n) is 7.45. The second kappa shape index (κ2) is 6.05. The van der Waals surface area contributed by atoms with Crippen LogP contribution in [0.25, 0.3) is 0 Å². The van der Waals surface area contributed by atoms with Crippen LogP contribution in [-0.2, 0) is 4.79 Å². The molecule has 1 saturated heterocycles. The van der Waals surface area contributed by atoms with Gasteiger partial charge in [-0.05, 0) is 41.3 Å². The van der Waals surface area contributed by atoms with E-state index in [4.69, 9.17) is 5.73 Å². The van der Waals surface area contributed by atoms with Gasteiger partial charge < -0.3 is 5.73 Å². The molecule has 0 aromatic heterocycles. The van der Waals surface area contributed by atoms with Gasteiger partial charge in [0.15, 0.2) is 0 Å². The molecule has 114 valence electrons. The van der Waals surface area contributed by atoms with E-state index in [-0.39, 0.29) is 11.3 Å². The molecule has 1 fully saturated rings. The predicted molar refractivity (Wildman–Crippen MR) is 94.1 cm³/mol. The monoisotopic (exact) mass is 312 g/mol. The molecule has 1 aliphatic heterocycles. The second-order valence-corrected chi connectivity index (χ2v) is 6.91. The number of hydrogen-bond donors (Lipinski definition) is 1. The molecule has 2 aromatic rings. The van der Waals surface area contributed by atoms with Gasteiger partial charge in [0.1, 0.15) is 5.37 Å². The van der Waals surface area contributed by atoms with E-state index in [1.807, 2.05) is 41.3 Å². The standard InChI is InChI=1S/C18H20N2OS/c1-12(2)13-5-9-16(10-6-13)20-17(21)11-22-18(20)14-3-7-15(19)8-4-14/h3-10,12,18H,11,19H2,1-2H3/t18-/m0/s1. The Morgan fingerprint density at radius 1 is 1.09 bits per heavy atom. The Balaban J connectivity index is 1.92. The smallest absolute Gasteiger partial charge is 0.238 e. The van der Waals surface area contributed by atoms with E-state index in [0.717, 1.165) is 16.9 Å². The van der Waals surface area contributed by atoms with E-state index in [2.05, 4.69) is 26.0 Å². The quantitative estimate of drug-likeness (QED) is 0.865. The summed E-state index contributed by atoms with van der Waals surface area (Å²) in [7, 11) is 0. The first-order chi connectivity index (χ1) is 10.6. The maximum absolute atomic E-state index is 12.3. The summed E-state index contributed by atoms with van der Waals surface area (Å²) in [5.74, 6) is 1.16. The summed E-state index contributed by atoms with van der Waals surface area (Å²) in [5, 5.41) is 0.0259. The number of nitrogens with zero attached hydrogens (tertiary/aromatic N) is 1. The fourth-order valence-corrected chi connectivity index (χ4v) is 3.81. The van der Waals surface area contributed by atoms with Gasteiger partial charge in [-0.25, -0.2) is 0 Å². The Kier molecular flexibility index (Phi) is 4.12. The molecule has 0 unspecified atom stereocenters. The third-order valence-electron chi connectivity index (χ3n) is 3.93. The van der Waals surface area contributed by atoms with Crippen LogP contribution in [0.3, 0.4) is 0 Å². The summed E-state index contributed by atoms with van der Waals surface area (Å²) < 4.78 is 0. The lowest BCUT2D eigenvalue weighted by Gasteiger charge is -2.25. The first kappa shape index (κ1) is 15.0. The molecule has 22 heavy (non-hydrogen) atoms. The summed E-state index contributed by atoms with van der Waals surface area (Å²) in [6, 6.07) is 16.1. The van der Waals surface area contributed by atoms with Crippen molar-refractivity contribution < 1.29 is 4.79 Å². The zero-order valence-electron chi connectivity index (χ0n) is 12.8. The largest absolute Gasteiger partial charge is 0.399 e. The van der Waals surface area contributed by atoms with Gasteiger partial charge in [-0.15, -0.1) is 11.8 Å². The van der Waals surface area contributed by atoms with Crippen LogP contribution in [0.15, 0.2) is 48.5 Å². The van der Waals surface area contributed by atoms with Crippen LogP contribution >= 0.6 is 11.8 Å². The summed E-state index contributed by atoms with van der Waals surface area (Å²) in [6.45, 7) is 4.34. The first-order valence-corrected chi connectivity index (χ1v) is 8.50. The number of amides is 1. The Morgan fingerprint density at radius 2 is 1.73 bits per heavy atom. The van der Waals surface area contributed by atoms with Gasteiger partial charge in [0, 0.05) is 11.4 Å². The number of carbonyl (C=O) groups excluding carboxylic acids is 1. The van der Waals surface area contributed by atoms with Crippen LogP contribution < -0.4 is 10.6 Å². The van der Waals surface area contributed by atoms with Crippen molar-refractivity contribution in [3.8, 4) is 0 Å². The highest BCUT2D eigenvalue weighted by Gasteiger charge is 2.33. The fourth-order valence-electron chi connectivity index (χ4n) is 2.63. The molecule has 3 nitrogen and oxygen atoms in total. The van der Waals surface area contributed by atoms with Gasteiger partial charge in [-0.2, -0.15) is 0 Å². The van der Waals surface area contributed by atoms with Gasteiger partial charge in [-0.1, -0.05) is 38.1 Å². The van der Waals surface area contributed by atoms with E-state index in [9.17, 15) is 4.79 Å². The lowest BCUT2D eigenvalue weighted by Crippen LogP contribution is -2.27. The van der Waals surface area contributed by atoms with E-state index in [1.54, 1.807) is 11.8 Å². The Bertz CT molecular complexity index is 664. The zero-order chi connectivity index (χ0) is 15.7. The predicted octanol–water partition coefficient (Wildman–Crippen LogP) is 4.17. The Hall–Kier alpha value is -1.94. The molecule has 1 aliphatic rings. The van der Waals surface area contributed by atoms with Crippen molar-refractivity contribution in [3.05, 3.63) is 59.7 Å². The van der Waals surface area contributed by atoms with E-state index in [0.29, 0.717) is 11.7 Å². The SMILES string of the molecule is CC(C)c1ccc(N2C(=O)CS[C@H]2c2ccc(N)cc2)cc1. The van der Waals surface area contributed by atoms with E-state index < -0.39 is 0 Å². The minimum Gasteiger partial charge on any atom is -0.399 e. The summed E-state index contributed by atoms with van der Waals surface area (Å²) >= 11 is 1.66. The molecule has 1 heterocycles. The molecule has 0 saturated carbocycles. The van der Waals surface area contributed by atoms with Crippen LogP contribution in [0.1, 0.15) is 36.3 Å².